The van der Waals surface area contributed by atoms with Crippen LogP contribution in [0.4, 0.5) is 0 Å². The molecule has 0 amide bonds. The zero-order valence-electron chi connectivity index (χ0n) is 9.46. The molecular formula is C12H15NO4. The van der Waals surface area contributed by atoms with Crippen molar-refractivity contribution in [1.82, 2.24) is 4.98 Å². The van der Waals surface area contributed by atoms with Crippen LogP contribution in [0.3, 0.4) is 0 Å². The van der Waals surface area contributed by atoms with Crippen LogP contribution < -0.4 is 0 Å². The van der Waals surface area contributed by atoms with Gasteiger partial charge in [-0.05, 0) is 24.1 Å². The normalized spacial score (nSPS) is 19.4. The number of carboxylic acids is 1. The summed E-state index contributed by atoms with van der Waals surface area (Å²) in [4.78, 5) is 14.5. The molecule has 17 heavy (non-hydrogen) atoms. The smallest absolute Gasteiger partial charge is 0.354 e. The number of aromatic carboxylic acids is 1. The lowest BCUT2D eigenvalue weighted by Gasteiger charge is -2.08. The summed E-state index contributed by atoms with van der Waals surface area (Å²) >= 11 is 0. The van der Waals surface area contributed by atoms with Crippen molar-refractivity contribution in [3.63, 3.8) is 0 Å². The van der Waals surface area contributed by atoms with Crippen LogP contribution in [0.1, 0.15) is 22.5 Å². The lowest BCUT2D eigenvalue weighted by atomic mass is 10.1. The van der Waals surface area contributed by atoms with Crippen molar-refractivity contribution in [3.8, 4) is 0 Å². The summed E-state index contributed by atoms with van der Waals surface area (Å²) in [5.41, 5.74) is 0.881. The van der Waals surface area contributed by atoms with E-state index in [1.165, 1.54) is 12.3 Å². The van der Waals surface area contributed by atoms with Gasteiger partial charge in [0.05, 0.1) is 19.8 Å². The number of rotatable bonds is 5. The highest BCUT2D eigenvalue weighted by Gasteiger charge is 2.15. The number of carboxylic acid groups (broad SMARTS) is 1. The number of hydrogen-bond donors (Lipinski definition) is 1. The summed E-state index contributed by atoms with van der Waals surface area (Å²) in [5, 5.41) is 8.79. The molecule has 1 unspecified atom stereocenters. The van der Waals surface area contributed by atoms with Crippen LogP contribution in [-0.4, -0.2) is 35.9 Å². The lowest BCUT2D eigenvalue weighted by Crippen LogP contribution is -2.09. The topological polar surface area (TPSA) is 68.7 Å². The quantitative estimate of drug-likeness (QED) is 0.836. The van der Waals surface area contributed by atoms with Crippen molar-refractivity contribution in [2.75, 3.05) is 19.8 Å². The predicted octanol–water partition coefficient (Wildman–Crippen LogP) is 1.33. The number of pyridine rings is 1. The molecule has 0 spiro atoms. The average molecular weight is 237 g/mol. The summed E-state index contributed by atoms with van der Waals surface area (Å²) in [6.07, 6.45) is 2.53. The third-order valence-corrected chi connectivity index (χ3v) is 2.69. The zero-order valence-corrected chi connectivity index (χ0v) is 9.46. The molecule has 1 saturated heterocycles. The second-order valence-corrected chi connectivity index (χ2v) is 4.10. The van der Waals surface area contributed by atoms with Gasteiger partial charge < -0.3 is 14.6 Å². The predicted molar refractivity (Wildman–Crippen MR) is 59.8 cm³/mol. The molecule has 0 bridgehead atoms. The third-order valence-electron chi connectivity index (χ3n) is 2.69. The largest absolute Gasteiger partial charge is 0.477 e. The Bertz CT molecular complexity index is 388. The summed E-state index contributed by atoms with van der Waals surface area (Å²) in [6, 6.07) is 3.30. The number of aromatic nitrogens is 1. The monoisotopic (exact) mass is 237 g/mol. The van der Waals surface area contributed by atoms with E-state index in [1.54, 1.807) is 6.07 Å². The van der Waals surface area contributed by atoms with Gasteiger partial charge in [-0.1, -0.05) is 0 Å². The molecule has 92 valence electrons. The molecule has 1 aliphatic heterocycles. The maximum absolute atomic E-state index is 10.7. The van der Waals surface area contributed by atoms with Gasteiger partial charge in [0, 0.05) is 18.7 Å². The Hall–Kier alpha value is -1.46. The third kappa shape index (κ3) is 3.51. The Morgan fingerprint density at radius 2 is 2.53 bits per heavy atom. The Morgan fingerprint density at radius 1 is 1.65 bits per heavy atom. The molecule has 1 aliphatic rings. The number of nitrogens with zero attached hydrogens (tertiary/aromatic N) is 1. The Labute approximate surface area is 99.4 Å². The van der Waals surface area contributed by atoms with E-state index < -0.39 is 5.97 Å². The molecular weight excluding hydrogens is 222 g/mol. The molecule has 0 saturated carbocycles. The first-order valence-electron chi connectivity index (χ1n) is 5.59. The van der Waals surface area contributed by atoms with Gasteiger partial charge in [0.25, 0.3) is 0 Å². The van der Waals surface area contributed by atoms with E-state index in [4.69, 9.17) is 14.6 Å². The van der Waals surface area contributed by atoms with Crippen LogP contribution >= 0.6 is 0 Å². The highest BCUT2D eigenvalue weighted by atomic mass is 16.5. The second-order valence-electron chi connectivity index (χ2n) is 4.10. The van der Waals surface area contributed by atoms with Crippen LogP contribution in [0.5, 0.6) is 0 Å². The molecule has 0 aromatic carbocycles. The first kappa shape index (κ1) is 12.0. The minimum Gasteiger partial charge on any atom is -0.477 e. The minimum absolute atomic E-state index is 0.0512. The van der Waals surface area contributed by atoms with Gasteiger partial charge in [-0.15, -0.1) is 0 Å². The van der Waals surface area contributed by atoms with Gasteiger partial charge in [-0.25, -0.2) is 9.78 Å². The Morgan fingerprint density at radius 3 is 3.24 bits per heavy atom. The molecule has 1 atom stereocenters. The summed E-state index contributed by atoms with van der Waals surface area (Å²) in [6.45, 7) is 2.65. The van der Waals surface area contributed by atoms with Crippen LogP contribution in [0.15, 0.2) is 18.3 Å². The van der Waals surface area contributed by atoms with Gasteiger partial charge in [-0.2, -0.15) is 0 Å². The van der Waals surface area contributed by atoms with E-state index in [0.717, 1.165) is 25.2 Å². The molecule has 1 aromatic rings. The zero-order chi connectivity index (χ0) is 12.1. The highest BCUT2D eigenvalue weighted by molar-refractivity contribution is 5.85. The lowest BCUT2D eigenvalue weighted by molar-refractivity contribution is 0.0688. The fourth-order valence-corrected chi connectivity index (χ4v) is 1.74. The molecule has 0 aliphatic carbocycles. The van der Waals surface area contributed by atoms with Gasteiger partial charge in [0.1, 0.15) is 5.69 Å². The maximum atomic E-state index is 10.7. The fourth-order valence-electron chi connectivity index (χ4n) is 1.74. The molecule has 1 aromatic heterocycles. The van der Waals surface area contributed by atoms with E-state index in [0.29, 0.717) is 19.1 Å². The maximum Gasteiger partial charge on any atom is 0.354 e. The Kier molecular flexibility index (Phi) is 4.06. The standard InChI is InChI=1S/C12H15NO4/c14-12(15)11-5-9(1-3-13-11)6-17-8-10-2-4-16-7-10/h1,3,5,10H,2,4,6-8H2,(H,14,15). The van der Waals surface area contributed by atoms with E-state index in [1.807, 2.05) is 0 Å². The van der Waals surface area contributed by atoms with Crippen molar-refractivity contribution in [2.45, 2.75) is 13.0 Å². The van der Waals surface area contributed by atoms with E-state index in [-0.39, 0.29) is 5.69 Å². The number of ether oxygens (including phenoxy) is 2. The summed E-state index contributed by atoms with van der Waals surface area (Å²) in [5.74, 6) is -0.549. The van der Waals surface area contributed by atoms with E-state index in [2.05, 4.69) is 4.98 Å². The van der Waals surface area contributed by atoms with Gasteiger partial charge >= 0.3 is 5.97 Å². The van der Waals surface area contributed by atoms with Gasteiger partial charge in [0.15, 0.2) is 0 Å². The molecule has 1 fully saturated rings. The summed E-state index contributed by atoms with van der Waals surface area (Å²) in [7, 11) is 0. The molecule has 5 heteroatoms. The van der Waals surface area contributed by atoms with Crippen molar-refractivity contribution in [2.24, 2.45) is 5.92 Å². The summed E-state index contributed by atoms with van der Waals surface area (Å²) < 4.78 is 10.8. The average Bonchev–Trinajstić information content (AvgIpc) is 2.82. The second kappa shape index (κ2) is 5.75. The SMILES string of the molecule is O=C(O)c1cc(COCC2CCOC2)ccn1. The number of hydrogen-bond acceptors (Lipinski definition) is 4. The first-order chi connectivity index (χ1) is 8.25. The van der Waals surface area contributed by atoms with E-state index in [9.17, 15) is 4.79 Å². The van der Waals surface area contributed by atoms with Crippen LogP contribution in [0.25, 0.3) is 0 Å². The molecule has 1 N–H and O–H groups in total. The molecule has 2 rings (SSSR count). The van der Waals surface area contributed by atoms with Crippen molar-refractivity contribution < 1.29 is 19.4 Å². The van der Waals surface area contributed by atoms with Crippen molar-refractivity contribution in [3.05, 3.63) is 29.6 Å². The van der Waals surface area contributed by atoms with Crippen LogP contribution in [0.2, 0.25) is 0 Å². The van der Waals surface area contributed by atoms with Gasteiger partial charge in [-0.3, -0.25) is 0 Å². The fraction of sp³-hybridized carbons (Fsp3) is 0.500. The van der Waals surface area contributed by atoms with Crippen molar-refractivity contribution >= 4 is 5.97 Å². The van der Waals surface area contributed by atoms with Gasteiger partial charge in [0.2, 0.25) is 0 Å². The Balaban J connectivity index is 1.81. The molecule has 2 heterocycles. The van der Waals surface area contributed by atoms with Crippen LogP contribution in [-0.2, 0) is 16.1 Å². The first-order valence-corrected chi connectivity index (χ1v) is 5.59. The van der Waals surface area contributed by atoms with E-state index >= 15 is 0 Å². The highest BCUT2D eigenvalue weighted by Crippen LogP contribution is 2.13. The van der Waals surface area contributed by atoms with Crippen molar-refractivity contribution in [1.29, 1.82) is 0 Å². The minimum atomic E-state index is -1.02. The molecule has 5 nitrogen and oxygen atoms in total. The number of carbonyl (C=O) groups is 1. The molecule has 0 radical (unpaired) electrons. The van der Waals surface area contributed by atoms with Crippen LogP contribution in [0, 0.1) is 5.92 Å².